The van der Waals surface area contributed by atoms with Gasteiger partial charge in [0.2, 0.25) is 0 Å². The molecule has 30 heavy (non-hydrogen) atoms. The second kappa shape index (κ2) is 11.1. The SMILES string of the molecule is CCCC[C@H](C)N(C)Cc1c(C)cc(C)c(=O)n1CCc1ccc(C(=O)OC)cc1. The standard InChI is InChI=1S/C25H36N2O3/c1-7-8-9-20(4)26(5)17-23-18(2)16-19(3)24(28)27(23)15-14-21-10-12-22(13-11-21)25(29)30-6/h10-13,16,20H,7-9,14-15,17H2,1-6H3/t20-/m0/s1. The van der Waals surface area contributed by atoms with Gasteiger partial charge in [-0.15, -0.1) is 0 Å². The highest BCUT2D eigenvalue weighted by atomic mass is 16.5. The summed E-state index contributed by atoms with van der Waals surface area (Å²) >= 11 is 0. The Kier molecular flexibility index (Phi) is 8.85. The smallest absolute Gasteiger partial charge is 0.337 e. The van der Waals surface area contributed by atoms with E-state index in [1.165, 1.54) is 20.0 Å². The first kappa shape index (κ1) is 23.9. The first-order valence-corrected chi connectivity index (χ1v) is 10.9. The van der Waals surface area contributed by atoms with E-state index >= 15 is 0 Å². The highest BCUT2D eigenvalue weighted by molar-refractivity contribution is 5.89. The van der Waals surface area contributed by atoms with Gasteiger partial charge in [-0.3, -0.25) is 9.69 Å². The number of hydrogen-bond donors (Lipinski definition) is 0. The first-order valence-electron chi connectivity index (χ1n) is 10.9. The molecule has 2 aromatic rings. The third kappa shape index (κ3) is 6.05. The van der Waals surface area contributed by atoms with Crippen molar-refractivity contribution < 1.29 is 9.53 Å². The number of aryl methyl sites for hydroxylation is 3. The number of nitrogens with zero attached hydrogens (tertiary/aromatic N) is 2. The number of pyridine rings is 1. The zero-order chi connectivity index (χ0) is 22.3. The molecule has 0 fully saturated rings. The Morgan fingerprint density at radius 1 is 1.17 bits per heavy atom. The summed E-state index contributed by atoms with van der Waals surface area (Å²) in [5.74, 6) is -0.338. The molecule has 5 heteroatoms. The lowest BCUT2D eigenvalue weighted by atomic mass is 10.1. The molecule has 0 spiro atoms. The van der Waals surface area contributed by atoms with Gasteiger partial charge in [-0.2, -0.15) is 0 Å². The van der Waals surface area contributed by atoms with Gasteiger partial charge in [0.15, 0.2) is 0 Å². The van der Waals surface area contributed by atoms with E-state index in [1.807, 2.05) is 29.7 Å². The van der Waals surface area contributed by atoms with Crippen LogP contribution in [0, 0.1) is 13.8 Å². The van der Waals surface area contributed by atoms with E-state index in [0.717, 1.165) is 41.8 Å². The van der Waals surface area contributed by atoms with Crippen molar-refractivity contribution in [1.29, 1.82) is 0 Å². The normalized spacial score (nSPS) is 12.2. The third-order valence-corrected chi connectivity index (χ3v) is 5.92. The fraction of sp³-hybridized carbons (Fsp3) is 0.520. The molecule has 0 amide bonds. The van der Waals surface area contributed by atoms with E-state index in [1.54, 1.807) is 12.1 Å². The van der Waals surface area contributed by atoms with Crippen LogP contribution in [-0.4, -0.2) is 35.6 Å². The Bertz CT molecular complexity index is 900. The molecule has 1 heterocycles. The Hall–Kier alpha value is -2.40. The maximum Gasteiger partial charge on any atom is 0.337 e. The predicted molar refractivity (Wildman–Crippen MR) is 122 cm³/mol. The van der Waals surface area contributed by atoms with Gasteiger partial charge < -0.3 is 9.30 Å². The van der Waals surface area contributed by atoms with Gasteiger partial charge in [-0.05, 0) is 70.0 Å². The van der Waals surface area contributed by atoms with Crippen molar-refractivity contribution in [2.24, 2.45) is 0 Å². The first-order chi connectivity index (χ1) is 14.3. The molecule has 164 valence electrons. The minimum Gasteiger partial charge on any atom is -0.465 e. The van der Waals surface area contributed by atoms with Crippen molar-refractivity contribution >= 4 is 5.97 Å². The fourth-order valence-corrected chi connectivity index (χ4v) is 3.74. The van der Waals surface area contributed by atoms with Crippen LogP contribution in [-0.2, 0) is 24.2 Å². The average molecular weight is 413 g/mol. The fourth-order valence-electron chi connectivity index (χ4n) is 3.74. The summed E-state index contributed by atoms with van der Waals surface area (Å²) in [6, 6.07) is 9.88. The Balaban J connectivity index is 2.22. The highest BCUT2D eigenvalue weighted by Gasteiger charge is 2.16. The molecule has 1 atom stereocenters. The molecule has 1 aromatic carbocycles. The van der Waals surface area contributed by atoms with E-state index in [9.17, 15) is 9.59 Å². The van der Waals surface area contributed by atoms with Crippen molar-refractivity contribution in [3.8, 4) is 0 Å². The zero-order valence-corrected chi connectivity index (χ0v) is 19.3. The quantitative estimate of drug-likeness (QED) is 0.539. The Morgan fingerprint density at radius 2 is 1.83 bits per heavy atom. The van der Waals surface area contributed by atoms with Crippen LogP contribution < -0.4 is 5.56 Å². The van der Waals surface area contributed by atoms with E-state index in [4.69, 9.17) is 4.74 Å². The number of hydrogen-bond acceptors (Lipinski definition) is 4. The molecular formula is C25H36N2O3. The number of rotatable bonds is 10. The van der Waals surface area contributed by atoms with Crippen LogP contribution in [0.2, 0.25) is 0 Å². The Morgan fingerprint density at radius 3 is 2.43 bits per heavy atom. The van der Waals surface area contributed by atoms with Crippen LogP contribution >= 0.6 is 0 Å². The van der Waals surface area contributed by atoms with Crippen LogP contribution in [0.25, 0.3) is 0 Å². The topological polar surface area (TPSA) is 51.5 Å². The van der Waals surface area contributed by atoms with Crippen molar-refractivity contribution in [2.75, 3.05) is 14.2 Å². The van der Waals surface area contributed by atoms with E-state index in [2.05, 4.69) is 32.7 Å². The van der Waals surface area contributed by atoms with Gasteiger partial charge in [0.1, 0.15) is 0 Å². The van der Waals surface area contributed by atoms with Crippen LogP contribution in [0.3, 0.4) is 0 Å². The summed E-state index contributed by atoms with van der Waals surface area (Å²) < 4.78 is 6.69. The molecule has 1 aromatic heterocycles. The minimum atomic E-state index is -0.338. The number of carbonyl (C=O) groups excluding carboxylic acids is 1. The summed E-state index contributed by atoms with van der Waals surface area (Å²) in [4.78, 5) is 26.9. The molecule has 0 aliphatic rings. The second-order valence-electron chi connectivity index (χ2n) is 8.26. The molecule has 0 radical (unpaired) electrons. The lowest BCUT2D eigenvalue weighted by molar-refractivity contribution is 0.0600. The number of aromatic nitrogens is 1. The average Bonchev–Trinajstić information content (AvgIpc) is 2.75. The van der Waals surface area contributed by atoms with E-state index in [-0.39, 0.29) is 11.5 Å². The van der Waals surface area contributed by atoms with Crippen molar-refractivity contribution in [3.05, 3.63) is 68.6 Å². The Labute approximate surface area is 180 Å². The van der Waals surface area contributed by atoms with Crippen LogP contribution in [0.15, 0.2) is 35.1 Å². The number of esters is 1. The molecule has 2 rings (SSSR count). The van der Waals surface area contributed by atoms with Gasteiger partial charge in [0, 0.05) is 30.4 Å². The molecule has 5 nitrogen and oxygen atoms in total. The summed E-state index contributed by atoms with van der Waals surface area (Å²) in [6.45, 7) is 9.82. The molecule has 0 unspecified atom stereocenters. The second-order valence-corrected chi connectivity index (χ2v) is 8.26. The summed E-state index contributed by atoms with van der Waals surface area (Å²) in [5.41, 5.74) is 4.72. The van der Waals surface area contributed by atoms with E-state index < -0.39 is 0 Å². The van der Waals surface area contributed by atoms with Crippen molar-refractivity contribution in [2.45, 2.75) is 72.5 Å². The number of benzene rings is 1. The molecular weight excluding hydrogens is 376 g/mol. The van der Waals surface area contributed by atoms with Crippen molar-refractivity contribution in [3.63, 3.8) is 0 Å². The molecule has 0 bridgehead atoms. The maximum absolute atomic E-state index is 13.0. The predicted octanol–water partition coefficient (Wildman–Crippen LogP) is 4.50. The molecule has 0 saturated carbocycles. The summed E-state index contributed by atoms with van der Waals surface area (Å²) in [5, 5.41) is 0. The largest absolute Gasteiger partial charge is 0.465 e. The van der Waals surface area contributed by atoms with Gasteiger partial charge in [-0.1, -0.05) is 31.9 Å². The maximum atomic E-state index is 13.0. The highest BCUT2D eigenvalue weighted by Crippen LogP contribution is 2.16. The van der Waals surface area contributed by atoms with Crippen LogP contribution in [0.1, 0.15) is 65.9 Å². The number of methoxy groups -OCH3 is 1. The number of unbranched alkanes of at least 4 members (excludes halogenated alkanes) is 1. The molecule has 0 aliphatic heterocycles. The molecule has 0 N–H and O–H groups in total. The lowest BCUT2D eigenvalue weighted by Gasteiger charge is -2.27. The van der Waals surface area contributed by atoms with Gasteiger partial charge in [0.25, 0.3) is 5.56 Å². The van der Waals surface area contributed by atoms with Crippen molar-refractivity contribution in [1.82, 2.24) is 9.47 Å². The van der Waals surface area contributed by atoms with E-state index in [0.29, 0.717) is 18.2 Å². The van der Waals surface area contributed by atoms with Gasteiger partial charge >= 0.3 is 5.97 Å². The summed E-state index contributed by atoms with van der Waals surface area (Å²) in [6.07, 6.45) is 4.30. The monoisotopic (exact) mass is 412 g/mol. The number of ether oxygens (including phenoxy) is 1. The van der Waals surface area contributed by atoms with Gasteiger partial charge in [0.05, 0.1) is 12.7 Å². The lowest BCUT2D eigenvalue weighted by Crippen LogP contribution is -2.34. The molecule has 0 aliphatic carbocycles. The minimum absolute atomic E-state index is 0.0800. The van der Waals surface area contributed by atoms with Crippen LogP contribution in [0.5, 0.6) is 0 Å². The number of carbonyl (C=O) groups is 1. The molecule has 0 saturated heterocycles. The van der Waals surface area contributed by atoms with Crippen LogP contribution in [0.4, 0.5) is 0 Å². The van der Waals surface area contributed by atoms with Gasteiger partial charge in [-0.25, -0.2) is 4.79 Å². The third-order valence-electron chi connectivity index (χ3n) is 5.92. The summed E-state index contributed by atoms with van der Waals surface area (Å²) in [7, 11) is 3.52. The zero-order valence-electron chi connectivity index (χ0n) is 19.3.